The standard InChI is InChI=1S/C19H18ClNO2/c1-13(22)11-12-19(2)16-5-3-4-6-17(16)21-18(23-19)14-7-9-15(20)10-8-14/h3-10H,11-12H2,1-2H3. The van der Waals surface area contributed by atoms with Crippen LogP contribution in [0.4, 0.5) is 5.69 Å². The molecule has 0 aliphatic carbocycles. The van der Waals surface area contributed by atoms with E-state index in [4.69, 9.17) is 16.3 Å². The van der Waals surface area contributed by atoms with Gasteiger partial charge in [0, 0.05) is 22.6 Å². The van der Waals surface area contributed by atoms with Crippen molar-refractivity contribution in [3.63, 3.8) is 0 Å². The first kappa shape index (κ1) is 15.8. The van der Waals surface area contributed by atoms with Crippen LogP contribution in [0.15, 0.2) is 53.5 Å². The van der Waals surface area contributed by atoms with E-state index in [1.165, 1.54) is 0 Å². The second kappa shape index (κ2) is 6.17. The van der Waals surface area contributed by atoms with E-state index in [2.05, 4.69) is 4.99 Å². The molecule has 1 heterocycles. The summed E-state index contributed by atoms with van der Waals surface area (Å²) in [6.07, 6.45) is 1.09. The van der Waals surface area contributed by atoms with Gasteiger partial charge in [-0.15, -0.1) is 0 Å². The summed E-state index contributed by atoms with van der Waals surface area (Å²) in [6.45, 7) is 3.62. The van der Waals surface area contributed by atoms with Crippen molar-refractivity contribution in [2.24, 2.45) is 4.99 Å². The Labute approximate surface area is 141 Å². The SMILES string of the molecule is CC(=O)CCC1(C)OC(c2ccc(Cl)cc2)=Nc2ccccc21. The lowest BCUT2D eigenvalue weighted by Gasteiger charge is -2.35. The number of Topliss-reactive ketones (excluding diaryl/α,β-unsaturated/α-hetero) is 1. The van der Waals surface area contributed by atoms with Crippen LogP contribution in [0.2, 0.25) is 5.02 Å². The van der Waals surface area contributed by atoms with E-state index in [0.29, 0.717) is 23.8 Å². The Balaban J connectivity index is 2.02. The zero-order valence-electron chi connectivity index (χ0n) is 13.2. The molecular formula is C19H18ClNO2. The molecule has 1 aliphatic heterocycles. The number of carbonyl (C=O) groups excluding carboxylic acids is 1. The van der Waals surface area contributed by atoms with Crippen LogP contribution < -0.4 is 0 Å². The second-order valence-corrected chi connectivity index (χ2v) is 6.41. The second-order valence-electron chi connectivity index (χ2n) is 5.98. The van der Waals surface area contributed by atoms with Gasteiger partial charge in [0.05, 0.1) is 5.69 Å². The molecule has 3 rings (SSSR count). The summed E-state index contributed by atoms with van der Waals surface area (Å²) in [6, 6.07) is 15.3. The van der Waals surface area contributed by atoms with Gasteiger partial charge >= 0.3 is 0 Å². The molecule has 0 bridgehead atoms. The highest BCUT2D eigenvalue weighted by atomic mass is 35.5. The Kier molecular flexibility index (Phi) is 4.22. The molecule has 118 valence electrons. The molecule has 23 heavy (non-hydrogen) atoms. The molecule has 0 N–H and O–H groups in total. The highest BCUT2D eigenvalue weighted by Gasteiger charge is 2.36. The molecule has 2 aromatic carbocycles. The zero-order valence-corrected chi connectivity index (χ0v) is 13.9. The van der Waals surface area contributed by atoms with Gasteiger partial charge in [-0.2, -0.15) is 0 Å². The van der Waals surface area contributed by atoms with E-state index in [0.717, 1.165) is 16.8 Å². The van der Waals surface area contributed by atoms with Crippen LogP contribution in [0, 0.1) is 0 Å². The summed E-state index contributed by atoms with van der Waals surface area (Å²) in [5, 5.41) is 0.671. The number of hydrogen-bond acceptors (Lipinski definition) is 3. The lowest BCUT2D eigenvalue weighted by atomic mass is 9.87. The van der Waals surface area contributed by atoms with Crippen LogP contribution in [0.5, 0.6) is 0 Å². The lowest BCUT2D eigenvalue weighted by Crippen LogP contribution is -2.33. The van der Waals surface area contributed by atoms with E-state index in [1.54, 1.807) is 6.92 Å². The first-order valence-corrected chi connectivity index (χ1v) is 7.98. The highest BCUT2D eigenvalue weighted by Crippen LogP contribution is 2.41. The van der Waals surface area contributed by atoms with Crippen molar-refractivity contribution in [3.05, 3.63) is 64.7 Å². The number of benzene rings is 2. The number of ketones is 1. The molecule has 0 spiro atoms. The van der Waals surface area contributed by atoms with Crippen LogP contribution in [-0.2, 0) is 15.1 Å². The third kappa shape index (κ3) is 3.30. The normalized spacial score (nSPS) is 19.5. The Morgan fingerprint density at radius 3 is 2.57 bits per heavy atom. The fraction of sp³-hybridized carbons (Fsp3) is 0.263. The zero-order chi connectivity index (χ0) is 16.4. The van der Waals surface area contributed by atoms with E-state index in [9.17, 15) is 4.79 Å². The maximum Gasteiger partial charge on any atom is 0.222 e. The van der Waals surface area contributed by atoms with Gasteiger partial charge in [0.2, 0.25) is 5.90 Å². The predicted molar refractivity (Wildman–Crippen MR) is 92.4 cm³/mol. The summed E-state index contributed by atoms with van der Waals surface area (Å²) >= 11 is 5.95. The number of rotatable bonds is 4. The number of ether oxygens (including phenoxy) is 1. The summed E-state index contributed by atoms with van der Waals surface area (Å²) in [7, 11) is 0. The maximum absolute atomic E-state index is 11.4. The van der Waals surface area contributed by atoms with Gasteiger partial charge in [-0.3, -0.25) is 0 Å². The number of para-hydroxylation sites is 1. The minimum absolute atomic E-state index is 0.155. The van der Waals surface area contributed by atoms with Crippen LogP contribution in [0.3, 0.4) is 0 Å². The topological polar surface area (TPSA) is 38.7 Å². The van der Waals surface area contributed by atoms with E-state index in [1.807, 2.05) is 55.5 Å². The molecule has 1 atom stereocenters. The number of halogens is 1. The smallest absolute Gasteiger partial charge is 0.222 e. The Bertz CT molecular complexity index is 767. The van der Waals surface area contributed by atoms with Crippen LogP contribution in [-0.4, -0.2) is 11.7 Å². The van der Waals surface area contributed by atoms with Crippen molar-refractivity contribution in [2.75, 3.05) is 0 Å². The Hall–Kier alpha value is -2.13. The maximum atomic E-state index is 11.4. The van der Waals surface area contributed by atoms with Crippen molar-refractivity contribution < 1.29 is 9.53 Å². The number of carbonyl (C=O) groups is 1. The third-order valence-electron chi connectivity index (χ3n) is 4.06. The van der Waals surface area contributed by atoms with Crippen LogP contribution in [0.25, 0.3) is 0 Å². The monoisotopic (exact) mass is 327 g/mol. The largest absolute Gasteiger partial charge is 0.466 e. The Morgan fingerprint density at radius 1 is 1.17 bits per heavy atom. The average Bonchev–Trinajstić information content (AvgIpc) is 2.54. The fourth-order valence-corrected chi connectivity index (χ4v) is 2.86. The first-order chi connectivity index (χ1) is 11.0. The van der Waals surface area contributed by atoms with Crippen LogP contribution in [0.1, 0.15) is 37.8 Å². The molecule has 0 amide bonds. The molecule has 0 fully saturated rings. The summed E-state index contributed by atoms with van der Waals surface area (Å²) in [5.41, 5.74) is 2.20. The third-order valence-corrected chi connectivity index (χ3v) is 4.32. The minimum atomic E-state index is -0.570. The lowest BCUT2D eigenvalue weighted by molar-refractivity contribution is -0.118. The van der Waals surface area contributed by atoms with Crippen molar-refractivity contribution in [2.45, 2.75) is 32.3 Å². The van der Waals surface area contributed by atoms with E-state index < -0.39 is 5.60 Å². The molecular weight excluding hydrogens is 310 g/mol. The molecule has 2 aromatic rings. The predicted octanol–water partition coefficient (Wildman–Crippen LogP) is 5.03. The molecule has 3 nitrogen and oxygen atoms in total. The van der Waals surface area contributed by atoms with Crippen molar-refractivity contribution in [1.82, 2.24) is 0 Å². The van der Waals surface area contributed by atoms with Gasteiger partial charge in [0.1, 0.15) is 11.4 Å². The molecule has 0 saturated carbocycles. The quantitative estimate of drug-likeness (QED) is 0.789. The number of nitrogens with zero attached hydrogens (tertiary/aromatic N) is 1. The van der Waals surface area contributed by atoms with Gasteiger partial charge in [-0.1, -0.05) is 29.8 Å². The van der Waals surface area contributed by atoms with Crippen molar-refractivity contribution in [1.29, 1.82) is 0 Å². The average molecular weight is 328 g/mol. The van der Waals surface area contributed by atoms with Gasteiger partial charge in [-0.05, 0) is 50.6 Å². The van der Waals surface area contributed by atoms with Gasteiger partial charge in [0.25, 0.3) is 0 Å². The van der Waals surface area contributed by atoms with E-state index >= 15 is 0 Å². The number of hydrogen-bond donors (Lipinski definition) is 0. The number of fused-ring (bicyclic) bond motifs is 1. The highest BCUT2D eigenvalue weighted by molar-refractivity contribution is 6.30. The van der Waals surface area contributed by atoms with Gasteiger partial charge in [0.15, 0.2) is 0 Å². The van der Waals surface area contributed by atoms with Crippen molar-refractivity contribution >= 4 is 29.0 Å². The molecule has 0 aromatic heterocycles. The van der Waals surface area contributed by atoms with Gasteiger partial charge in [-0.25, -0.2) is 4.99 Å². The molecule has 0 saturated heterocycles. The fourth-order valence-electron chi connectivity index (χ4n) is 2.74. The van der Waals surface area contributed by atoms with Crippen molar-refractivity contribution in [3.8, 4) is 0 Å². The summed E-state index contributed by atoms with van der Waals surface area (Å²) < 4.78 is 6.23. The van der Waals surface area contributed by atoms with Gasteiger partial charge < -0.3 is 9.53 Å². The van der Waals surface area contributed by atoms with E-state index in [-0.39, 0.29) is 5.78 Å². The summed E-state index contributed by atoms with van der Waals surface area (Å²) in [5.74, 6) is 0.717. The molecule has 0 radical (unpaired) electrons. The molecule has 1 unspecified atom stereocenters. The summed E-state index contributed by atoms with van der Waals surface area (Å²) in [4.78, 5) is 16.1. The number of aliphatic imine (C=N–C) groups is 1. The first-order valence-electron chi connectivity index (χ1n) is 7.60. The minimum Gasteiger partial charge on any atom is -0.466 e. The molecule has 1 aliphatic rings. The van der Waals surface area contributed by atoms with Crippen LogP contribution >= 0.6 is 11.6 Å². The Morgan fingerprint density at radius 2 is 1.87 bits per heavy atom. The molecule has 4 heteroatoms.